The molecule has 3 aromatic carbocycles. The Balaban J connectivity index is 1.73. The highest BCUT2D eigenvalue weighted by Crippen LogP contribution is 2.27. The van der Waals surface area contributed by atoms with Gasteiger partial charge < -0.3 is 0 Å². The zero-order valence-electron chi connectivity index (χ0n) is 15.9. The summed E-state index contributed by atoms with van der Waals surface area (Å²) in [6, 6.07) is 27.9. The third-order valence-corrected chi connectivity index (χ3v) is 6.54. The van der Waals surface area contributed by atoms with Gasteiger partial charge in [0.15, 0.2) is 4.80 Å². The van der Waals surface area contributed by atoms with Crippen LogP contribution >= 0.6 is 27.3 Å². The maximum absolute atomic E-state index is 13.3. The summed E-state index contributed by atoms with van der Waals surface area (Å²) in [5.41, 5.74) is 3.96. The molecule has 0 aliphatic carbocycles. The van der Waals surface area contributed by atoms with Crippen LogP contribution < -0.4 is 14.9 Å². The molecule has 1 unspecified atom stereocenters. The number of hydrogen-bond donors (Lipinski definition) is 0. The van der Waals surface area contributed by atoms with Crippen molar-refractivity contribution in [3.8, 4) is 0 Å². The van der Waals surface area contributed by atoms with Gasteiger partial charge >= 0.3 is 0 Å². The van der Waals surface area contributed by atoms with Crippen LogP contribution in [0.2, 0.25) is 0 Å². The number of hydrogen-bond acceptors (Lipinski definition) is 3. The number of nitrogens with zero attached hydrogens (tertiary/aromatic N) is 2. The molecule has 30 heavy (non-hydrogen) atoms. The van der Waals surface area contributed by atoms with Crippen LogP contribution in [-0.2, 0) is 0 Å². The van der Waals surface area contributed by atoms with Crippen LogP contribution in [0.25, 0.3) is 11.8 Å². The van der Waals surface area contributed by atoms with E-state index in [9.17, 15) is 4.79 Å². The maximum Gasteiger partial charge on any atom is 0.271 e. The molecule has 1 aromatic heterocycles. The van der Waals surface area contributed by atoms with Crippen LogP contribution in [0.4, 0.5) is 0 Å². The first-order valence-corrected chi connectivity index (χ1v) is 11.2. The predicted octanol–water partition coefficient (Wildman–Crippen LogP) is 4.76. The molecular weight excluding hydrogens is 456 g/mol. The van der Waals surface area contributed by atoms with Gasteiger partial charge in [-0.3, -0.25) is 9.36 Å². The molecule has 0 bridgehead atoms. The van der Waals surface area contributed by atoms with Crippen molar-refractivity contribution in [3.05, 3.63) is 132 Å². The quantitative estimate of drug-likeness (QED) is 0.423. The second-order valence-electron chi connectivity index (χ2n) is 7.01. The number of aromatic nitrogens is 1. The predicted molar refractivity (Wildman–Crippen MR) is 126 cm³/mol. The second kappa shape index (κ2) is 8.01. The summed E-state index contributed by atoms with van der Waals surface area (Å²) in [7, 11) is 0. The van der Waals surface area contributed by atoms with E-state index in [0.717, 1.165) is 31.7 Å². The van der Waals surface area contributed by atoms with Gasteiger partial charge in [0, 0.05) is 10.0 Å². The van der Waals surface area contributed by atoms with Crippen LogP contribution in [0.1, 0.15) is 22.7 Å². The van der Waals surface area contributed by atoms with Crippen molar-refractivity contribution in [1.29, 1.82) is 0 Å². The molecule has 0 spiro atoms. The summed E-state index contributed by atoms with van der Waals surface area (Å²) in [6.45, 7) is 0. The highest BCUT2D eigenvalue weighted by molar-refractivity contribution is 9.10. The molecule has 1 aliphatic rings. The molecule has 2 heterocycles. The van der Waals surface area contributed by atoms with E-state index >= 15 is 0 Å². The molecule has 0 saturated carbocycles. The monoisotopic (exact) mass is 472 g/mol. The molecule has 0 N–H and O–H groups in total. The Labute approximate surface area is 186 Å². The molecule has 3 nitrogen and oxygen atoms in total. The van der Waals surface area contributed by atoms with Gasteiger partial charge in [-0.15, -0.1) is 0 Å². The lowest BCUT2D eigenvalue weighted by molar-refractivity contribution is 0.644. The molecule has 0 saturated heterocycles. The SMILES string of the molecule is O=c1c(=Cc2ccccc2)sc2n1C(c1ccccc1)C=C(c1ccc(Br)cc1)N=2. The summed E-state index contributed by atoms with van der Waals surface area (Å²) in [4.78, 5) is 18.9. The summed E-state index contributed by atoms with van der Waals surface area (Å²) >= 11 is 4.93. The second-order valence-corrected chi connectivity index (χ2v) is 8.93. The standard InChI is InChI=1S/C25H17BrN2OS/c26-20-13-11-18(12-14-20)21-16-22(19-9-5-2-6-10-19)28-24(29)23(30-25(28)27-21)15-17-7-3-1-4-8-17/h1-16,22H. The van der Waals surface area contributed by atoms with Gasteiger partial charge in [-0.05, 0) is 35.4 Å². The number of halogens is 1. The van der Waals surface area contributed by atoms with Crippen molar-refractivity contribution < 1.29 is 0 Å². The third-order valence-electron chi connectivity index (χ3n) is 5.03. The highest BCUT2D eigenvalue weighted by atomic mass is 79.9. The van der Waals surface area contributed by atoms with Crippen molar-refractivity contribution in [3.63, 3.8) is 0 Å². The zero-order chi connectivity index (χ0) is 20.5. The lowest BCUT2D eigenvalue weighted by Crippen LogP contribution is -2.36. The van der Waals surface area contributed by atoms with E-state index in [1.54, 1.807) is 4.57 Å². The minimum Gasteiger partial charge on any atom is -0.272 e. The number of rotatable bonds is 3. The normalized spacial score (nSPS) is 16.0. The van der Waals surface area contributed by atoms with Crippen molar-refractivity contribution in [1.82, 2.24) is 4.57 Å². The van der Waals surface area contributed by atoms with Crippen molar-refractivity contribution in [2.45, 2.75) is 6.04 Å². The Hall–Kier alpha value is -3.02. The molecule has 0 amide bonds. The first kappa shape index (κ1) is 19.0. The maximum atomic E-state index is 13.3. The van der Waals surface area contributed by atoms with Gasteiger partial charge in [0.2, 0.25) is 0 Å². The summed E-state index contributed by atoms with van der Waals surface area (Å²) < 4.78 is 3.51. The summed E-state index contributed by atoms with van der Waals surface area (Å²) in [5.74, 6) is 0. The fourth-order valence-electron chi connectivity index (χ4n) is 3.55. The summed E-state index contributed by atoms with van der Waals surface area (Å²) in [5, 5.41) is 0. The van der Waals surface area contributed by atoms with E-state index in [1.165, 1.54) is 11.3 Å². The van der Waals surface area contributed by atoms with Gasteiger partial charge in [0.05, 0.1) is 16.3 Å². The fourth-order valence-corrected chi connectivity index (χ4v) is 4.83. The number of thiazole rings is 1. The Morgan fingerprint density at radius 3 is 2.27 bits per heavy atom. The minimum absolute atomic E-state index is 0.0115. The van der Waals surface area contributed by atoms with Crippen molar-refractivity contribution in [2.75, 3.05) is 0 Å². The lowest BCUT2D eigenvalue weighted by atomic mass is 10.0. The van der Waals surface area contributed by atoms with E-state index < -0.39 is 0 Å². The zero-order valence-corrected chi connectivity index (χ0v) is 18.3. The highest BCUT2D eigenvalue weighted by Gasteiger charge is 2.22. The van der Waals surface area contributed by atoms with Crippen LogP contribution in [0.15, 0.2) is 105 Å². The van der Waals surface area contributed by atoms with E-state index in [0.29, 0.717) is 4.53 Å². The minimum atomic E-state index is -0.195. The topological polar surface area (TPSA) is 34.4 Å². The number of benzene rings is 3. The molecule has 1 atom stereocenters. The molecule has 5 rings (SSSR count). The smallest absolute Gasteiger partial charge is 0.271 e. The molecule has 0 fully saturated rings. The van der Waals surface area contributed by atoms with Crippen LogP contribution in [-0.4, -0.2) is 4.57 Å². The largest absolute Gasteiger partial charge is 0.272 e. The van der Waals surface area contributed by atoms with Crippen LogP contribution in [0.5, 0.6) is 0 Å². The van der Waals surface area contributed by atoms with Crippen molar-refractivity contribution in [2.24, 2.45) is 4.99 Å². The molecule has 146 valence electrons. The van der Waals surface area contributed by atoms with E-state index in [1.807, 2.05) is 78.9 Å². The Morgan fingerprint density at radius 2 is 1.57 bits per heavy atom. The van der Waals surface area contributed by atoms with E-state index in [-0.39, 0.29) is 11.6 Å². The lowest BCUT2D eigenvalue weighted by Gasteiger charge is -2.19. The molecule has 1 aliphatic heterocycles. The third kappa shape index (κ3) is 3.62. The Kier molecular flexibility index (Phi) is 5.07. The summed E-state index contributed by atoms with van der Waals surface area (Å²) in [6.07, 6.45) is 4.02. The Morgan fingerprint density at radius 1 is 0.900 bits per heavy atom. The first-order chi connectivity index (χ1) is 14.7. The molecule has 5 heteroatoms. The average molecular weight is 473 g/mol. The number of allylic oxidation sites excluding steroid dienone is 1. The number of fused-ring (bicyclic) bond motifs is 1. The van der Waals surface area contributed by atoms with Gasteiger partial charge in [-0.1, -0.05) is 100 Å². The van der Waals surface area contributed by atoms with Crippen LogP contribution in [0, 0.1) is 0 Å². The van der Waals surface area contributed by atoms with E-state index in [4.69, 9.17) is 4.99 Å². The van der Waals surface area contributed by atoms with Crippen molar-refractivity contribution >= 4 is 39.0 Å². The molecule has 0 radical (unpaired) electrons. The Bertz CT molecular complexity index is 1400. The van der Waals surface area contributed by atoms with Gasteiger partial charge in [0.25, 0.3) is 5.56 Å². The molecular formula is C25H17BrN2OS. The van der Waals surface area contributed by atoms with E-state index in [2.05, 4.69) is 34.1 Å². The molecule has 4 aromatic rings. The van der Waals surface area contributed by atoms with Gasteiger partial charge in [-0.25, -0.2) is 4.99 Å². The first-order valence-electron chi connectivity index (χ1n) is 9.58. The van der Waals surface area contributed by atoms with Crippen LogP contribution in [0.3, 0.4) is 0 Å². The van der Waals surface area contributed by atoms with Gasteiger partial charge in [-0.2, -0.15) is 0 Å². The average Bonchev–Trinajstić information content (AvgIpc) is 3.10. The van der Waals surface area contributed by atoms with Gasteiger partial charge in [0.1, 0.15) is 0 Å². The fraction of sp³-hybridized carbons (Fsp3) is 0.0400.